The van der Waals surface area contributed by atoms with Crippen LogP contribution >= 0.6 is 0 Å². The molecule has 4 nitrogen and oxygen atoms in total. The number of hydrogen-bond donors (Lipinski definition) is 1. The molecule has 0 aromatic rings. The lowest BCUT2D eigenvalue weighted by Crippen LogP contribution is -2.45. The number of nitrogens with zero attached hydrogens (tertiary/aromatic N) is 1. The minimum absolute atomic E-state index is 0.0613. The summed E-state index contributed by atoms with van der Waals surface area (Å²) >= 11 is 0. The number of carbonyl (C=O) groups is 2. The molecule has 0 aromatic carbocycles. The number of carbonyl (C=O) groups excluding carboxylic acids is 2. The van der Waals surface area contributed by atoms with E-state index in [0.717, 1.165) is 6.08 Å². The molecule has 6 heteroatoms. The van der Waals surface area contributed by atoms with E-state index in [0.29, 0.717) is 6.54 Å². The van der Waals surface area contributed by atoms with Crippen molar-refractivity contribution in [3.05, 3.63) is 12.7 Å². The average molecular weight is 274 g/mol. The van der Waals surface area contributed by atoms with Gasteiger partial charge in [0.1, 0.15) is 0 Å². The highest BCUT2D eigenvalue weighted by atomic mass is 19.3. The van der Waals surface area contributed by atoms with Crippen molar-refractivity contribution >= 4 is 11.8 Å². The Bertz CT molecular complexity index is 349. The van der Waals surface area contributed by atoms with Crippen LogP contribution in [0, 0.1) is 0 Å². The first kappa shape index (κ1) is 15.6. The highest BCUT2D eigenvalue weighted by Crippen LogP contribution is 2.32. The van der Waals surface area contributed by atoms with Gasteiger partial charge in [-0.25, -0.2) is 8.78 Å². The van der Waals surface area contributed by atoms with Gasteiger partial charge >= 0.3 is 0 Å². The van der Waals surface area contributed by atoms with E-state index >= 15 is 0 Å². The van der Waals surface area contributed by atoms with Crippen molar-refractivity contribution in [3.63, 3.8) is 0 Å². The van der Waals surface area contributed by atoms with Gasteiger partial charge in [0.05, 0.1) is 6.54 Å². The molecule has 0 atom stereocenters. The van der Waals surface area contributed by atoms with Crippen LogP contribution in [0.3, 0.4) is 0 Å². The Kier molecular flexibility index (Phi) is 5.44. The van der Waals surface area contributed by atoms with Crippen LogP contribution in [-0.4, -0.2) is 41.8 Å². The van der Waals surface area contributed by atoms with Gasteiger partial charge in [0.25, 0.3) is 0 Å². The minimum atomic E-state index is -2.60. The molecular formula is C13H20F2N2O2. The summed E-state index contributed by atoms with van der Waals surface area (Å²) in [5.41, 5.74) is 0. The normalized spacial score (nSPS) is 18.7. The SMILES string of the molecule is C=CC(=O)N(CC)CC(=O)NC1CCC(F)(F)CC1. The summed E-state index contributed by atoms with van der Waals surface area (Å²) in [5, 5.41) is 2.70. The van der Waals surface area contributed by atoms with Gasteiger partial charge in [0.15, 0.2) is 0 Å². The standard InChI is InChI=1S/C13H20F2N2O2/c1-3-12(19)17(4-2)9-11(18)16-10-5-7-13(14,15)8-6-10/h3,10H,1,4-9H2,2H3,(H,16,18). The van der Waals surface area contributed by atoms with Crippen LogP contribution in [-0.2, 0) is 9.59 Å². The first-order valence-corrected chi connectivity index (χ1v) is 6.46. The summed E-state index contributed by atoms with van der Waals surface area (Å²) in [4.78, 5) is 24.5. The number of hydrogen-bond acceptors (Lipinski definition) is 2. The van der Waals surface area contributed by atoms with Gasteiger partial charge in [0, 0.05) is 25.4 Å². The monoisotopic (exact) mass is 274 g/mol. The molecule has 0 radical (unpaired) electrons. The summed E-state index contributed by atoms with van der Waals surface area (Å²) in [7, 11) is 0. The summed E-state index contributed by atoms with van der Waals surface area (Å²) < 4.78 is 25.9. The van der Waals surface area contributed by atoms with Gasteiger partial charge in [-0.05, 0) is 25.8 Å². The zero-order valence-electron chi connectivity index (χ0n) is 11.1. The molecule has 1 fully saturated rings. The van der Waals surface area contributed by atoms with Crippen LogP contribution in [0.1, 0.15) is 32.6 Å². The molecule has 1 aliphatic rings. The molecular weight excluding hydrogens is 254 g/mol. The van der Waals surface area contributed by atoms with Crippen molar-refractivity contribution in [1.29, 1.82) is 0 Å². The third kappa shape index (κ3) is 4.96. The van der Waals surface area contributed by atoms with E-state index in [2.05, 4.69) is 11.9 Å². The van der Waals surface area contributed by atoms with Gasteiger partial charge in [-0.1, -0.05) is 6.58 Å². The lowest BCUT2D eigenvalue weighted by Gasteiger charge is -2.29. The fraction of sp³-hybridized carbons (Fsp3) is 0.692. The third-order valence-electron chi connectivity index (χ3n) is 3.28. The van der Waals surface area contributed by atoms with Gasteiger partial charge in [-0.3, -0.25) is 9.59 Å². The largest absolute Gasteiger partial charge is 0.352 e. The zero-order valence-corrected chi connectivity index (χ0v) is 11.1. The summed E-state index contributed by atoms with van der Waals surface area (Å²) in [6.45, 7) is 5.46. The Hall–Kier alpha value is -1.46. The van der Waals surface area contributed by atoms with Crippen LogP contribution in [0.4, 0.5) is 8.78 Å². The zero-order chi connectivity index (χ0) is 14.5. The van der Waals surface area contributed by atoms with Gasteiger partial charge in [-0.2, -0.15) is 0 Å². The van der Waals surface area contributed by atoms with Gasteiger partial charge in [0.2, 0.25) is 17.7 Å². The molecule has 0 saturated heterocycles. The smallest absolute Gasteiger partial charge is 0.248 e. The maximum atomic E-state index is 13.0. The molecule has 108 valence electrons. The lowest BCUT2D eigenvalue weighted by atomic mass is 9.92. The van der Waals surface area contributed by atoms with Crippen LogP contribution in [0.25, 0.3) is 0 Å². The summed E-state index contributed by atoms with van der Waals surface area (Å²) in [6.07, 6.45) is 1.32. The van der Waals surface area contributed by atoms with E-state index in [-0.39, 0.29) is 50.1 Å². The number of alkyl halides is 2. The molecule has 2 amide bonds. The molecule has 19 heavy (non-hydrogen) atoms. The van der Waals surface area contributed by atoms with Crippen LogP contribution in [0.5, 0.6) is 0 Å². The molecule has 1 aliphatic carbocycles. The maximum absolute atomic E-state index is 13.0. The highest BCUT2D eigenvalue weighted by Gasteiger charge is 2.35. The fourth-order valence-corrected chi connectivity index (χ4v) is 2.11. The average Bonchev–Trinajstić information content (AvgIpc) is 2.37. The highest BCUT2D eigenvalue weighted by molar-refractivity contribution is 5.90. The topological polar surface area (TPSA) is 49.4 Å². The van der Waals surface area contributed by atoms with E-state index in [9.17, 15) is 18.4 Å². The molecule has 0 heterocycles. The molecule has 0 aliphatic heterocycles. The van der Waals surface area contributed by atoms with E-state index in [1.165, 1.54) is 4.90 Å². The van der Waals surface area contributed by atoms with Gasteiger partial charge < -0.3 is 10.2 Å². The predicted octanol–water partition coefficient (Wildman–Crippen LogP) is 1.71. The van der Waals surface area contributed by atoms with Crippen molar-refractivity contribution in [2.75, 3.05) is 13.1 Å². The minimum Gasteiger partial charge on any atom is -0.352 e. The second-order valence-electron chi connectivity index (χ2n) is 4.75. The number of nitrogens with one attached hydrogen (secondary N) is 1. The van der Waals surface area contributed by atoms with E-state index in [1.807, 2.05) is 0 Å². The molecule has 1 saturated carbocycles. The van der Waals surface area contributed by atoms with E-state index in [4.69, 9.17) is 0 Å². The van der Waals surface area contributed by atoms with Crippen molar-refractivity contribution < 1.29 is 18.4 Å². The Morgan fingerprint density at radius 3 is 2.47 bits per heavy atom. The van der Waals surface area contributed by atoms with Crippen molar-refractivity contribution in [1.82, 2.24) is 10.2 Å². The Balaban J connectivity index is 2.39. The molecule has 1 N–H and O–H groups in total. The van der Waals surface area contributed by atoms with Crippen LogP contribution in [0.15, 0.2) is 12.7 Å². The molecule has 0 unspecified atom stereocenters. The number of rotatable bonds is 5. The lowest BCUT2D eigenvalue weighted by molar-refractivity contribution is -0.133. The Morgan fingerprint density at radius 2 is 2.00 bits per heavy atom. The quantitative estimate of drug-likeness (QED) is 0.776. The summed E-state index contributed by atoms with van der Waals surface area (Å²) in [5.74, 6) is -3.23. The second-order valence-corrected chi connectivity index (χ2v) is 4.75. The van der Waals surface area contributed by atoms with Crippen molar-refractivity contribution in [2.24, 2.45) is 0 Å². The van der Waals surface area contributed by atoms with E-state index < -0.39 is 5.92 Å². The Labute approximate surface area is 111 Å². The molecule has 1 rings (SSSR count). The molecule has 0 bridgehead atoms. The maximum Gasteiger partial charge on any atom is 0.248 e. The van der Waals surface area contributed by atoms with Gasteiger partial charge in [-0.15, -0.1) is 0 Å². The first-order chi connectivity index (χ1) is 8.88. The van der Waals surface area contributed by atoms with Crippen molar-refractivity contribution in [2.45, 2.75) is 44.6 Å². The summed E-state index contributed by atoms with van der Waals surface area (Å²) in [6, 6.07) is -0.218. The van der Waals surface area contributed by atoms with E-state index in [1.54, 1.807) is 6.92 Å². The molecule has 0 aromatic heterocycles. The van der Waals surface area contributed by atoms with Crippen LogP contribution in [0.2, 0.25) is 0 Å². The number of halogens is 2. The number of likely N-dealkylation sites (N-methyl/N-ethyl adjacent to an activating group) is 1. The predicted molar refractivity (Wildman–Crippen MR) is 67.8 cm³/mol. The Morgan fingerprint density at radius 1 is 1.42 bits per heavy atom. The molecule has 0 spiro atoms. The van der Waals surface area contributed by atoms with Crippen molar-refractivity contribution in [3.8, 4) is 0 Å². The fourth-order valence-electron chi connectivity index (χ4n) is 2.11. The third-order valence-corrected chi connectivity index (χ3v) is 3.28. The second kappa shape index (κ2) is 6.63. The first-order valence-electron chi connectivity index (χ1n) is 6.46. The number of amides is 2. The van der Waals surface area contributed by atoms with Crippen LogP contribution < -0.4 is 5.32 Å².